The number of thioether (sulfide) groups is 1. The van der Waals surface area contributed by atoms with Gasteiger partial charge in [-0.3, -0.25) is 0 Å². The van der Waals surface area contributed by atoms with Crippen LogP contribution >= 0.6 is 23.4 Å². The van der Waals surface area contributed by atoms with Gasteiger partial charge in [0.25, 0.3) is 0 Å². The number of halogens is 1. The lowest BCUT2D eigenvalue weighted by molar-refractivity contribution is -0.131. The van der Waals surface area contributed by atoms with E-state index in [0.717, 1.165) is 29.6 Å². The highest BCUT2D eigenvalue weighted by Crippen LogP contribution is 2.25. The number of aliphatic carboxylic acids is 1. The summed E-state index contributed by atoms with van der Waals surface area (Å²) in [5, 5.41) is 9.28. The first-order chi connectivity index (χ1) is 8.54. The van der Waals surface area contributed by atoms with Crippen molar-refractivity contribution < 1.29 is 9.90 Å². The van der Waals surface area contributed by atoms with Crippen LogP contribution in [0.3, 0.4) is 0 Å². The molecule has 0 bridgehead atoms. The Morgan fingerprint density at radius 3 is 2.89 bits per heavy atom. The van der Waals surface area contributed by atoms with Crippen LogP contribution in [0.2, 0.25) is 5.02 Å². The van der Waals surface area contributed by atoms with Gasteiger partial charge in [-0.05, 0) is 36.1 Å². The Morgan fingerprint density at radius 2 is 2.28 bits per heavy atom. The van der Waals surface area contributed by atoms with Gasteiger partial charge < -0.3 is 10.0 Å². The molecule has 1 aromatic rings. The van der Waals surface area contributed by atoms with Crippen molar-refractivity contribution in [3.8, 4) is 0 Å². The van der Waals surface area contributed by atoms with Crippen LogP contribution in [0.4, 0.5) is 5.69 Å². The van der Waals surface area contributed by atoms with Gasteiger partial charge in [0, 0.05) is 36.1 Å². The van der Waals surface area contributed by atoms with E-state index in [-0.39, 0.29) is 0 Å². The van der Waals surface area contributed by atoms with Crippen LogP contribution in [0.1, 0.15) is 5.56 Å². The van der Waals surface area contributed by atoms with Gasteiger partial charge in [0.2, 0.25) is 0 Å². The second kappa shape index (κ2) is 7.34. The first kappa shape index (κ1) is 14.9. The molecule has 0 unspecified atom stereocenters. The average Bonchev–Trinajstić information content (AvgIpc) is 2.33. The van der Waals surface area contributed by atoms with E-state index in [1.165, 1.54) is 0 Å². The van der Waals surface area contributed by atoms with Crippen molar-refractivity contribution in [3.63, 3.8) is 0 Å². The summed E-state index contributed by atoms with van der Waals surface area (Å²) in [6.07, 6.45) is 4.75. The number of nitrogens with zero attached hydrogens (tertiary/aromatic N) is 1. The van der Waals surface area contributed by atoms with Gasteiger partial charge in [-0.1, -0.05) is 11.6 Å². The summed E-state index contributed by atoms with van der Waals surface area (Å²) in [5.41, 5.74) is 1.79. The van der Waals surface area contributed by atoms with Crippen LogP contribution in [-0.2, 0) is 4.79 Å². The van der Waals surface area contributed by atoms with Crippen LogP contribution < -0.4 is 4.90 Å². The average molecular weight is 286 g/mol. The molecule has 0 heterocycles. The topological polar surface area (TPSA) is 40.5 Å². The van der Waals surface area contributed by atoms with Gasteiger partial charge in [-0.2, -0.15) is 11.8 Å². The Kier molecular flexibility index (Phi) is 6.09. The summed E-state index contributed by atoms with van der Waals surface area (Å²) < 4.78 is 0. The maximum Gasteiger partial charge on any atom is 0.328 e. The number of benzene rings is 1. The van der Waals surface area contributed by atoms with Crippen LogP contribution in [0, 0.1) is 0 Å². The maximum atomic E-state index is 10.6. The number of hydrogen-bond acceptors (Lipinski definition) is 3. The third kappa shape index (κ3) is 4.63. The van der Waals surface area contributed by atoms with Crippen molar-refractivity contribution in [2.24, 2.45) is 0 Å². The smallest absolute Gasteiger partial charge is 0.328 e. The number of rotatable bonds is 6. The van der Waals surface area contributed by atoms with Gasteiger partial charge in [-0.15, -0.1) is 0 Å². The summed E-state index contributed by atoms with van der Waals surface area (Å²) in [4.78, 5) is 12.7. The van der Waals surface area contributed by atoms with Gasteiger partial charge >= 0.3 is 5.97 Å². The van der Waals surface area contributed by atoms with Crippen LogP contribution in [0.5, 0.6) is 0 Å². The standard InChI is InChI=1S/C13H16ClNO2S/c1-15(7-8-18-2)12-5-4-11(14)9-10(12)3-6-13(16)17/h3-6,9H,7-8H2,1-2H3,(H,16,17)/b6-3+. The molecule has 18 heavy (non-hydrogen) atoms. The first-order valence-corrected chi connectivity index (χ1v) is 7.22. The van der Waals surface area contributed by atoms with Crippen molar-refractivity contribution in [2.75, 3.05) is 30.5 Å². The lowest BCUT2D eigenvalue weighted by Gasteiger charge is -2.21. The molecule has 1 N–H and O–H groups in total. The third-order valence-electron chi connectivity index (χ3n) is 2.44. The normalized spacial score (nSPS) is 10.8. The number of anilines is 1. The molecule has 0 atom stereocenters. The highest BCUT2D eigenvalue weighted by atomic mass is 35.5. The predicted octanol–water partition coefficient (Wildman–Crippen LogP) is 3.24. The van der Waals surface area contributed by atoms with Crippen molar-refractivity contribution >= 4 is 41.1 Å². The lowest BCUT2D eigenvalue weighted by atomic mass is 10.1. The molecule has 1 aromatic carbocycles. The Morgan fingerprint density at radius 1 is 1.56 bits per heavy atom. The quantitative estimate of drug-likeness (QED) is 0.815. The van der Waals surface area contributed by atoms with E-state index in [1.807, 2.05) is 19.2 Å². The zero-order chi connectivity index (χ0) is 13.5. The lowest BCUT2D eigenvalue weighted by Crippen LogP contribution is -2.21. The maximum absolute atomic E-state index is 10.6. The monoisotopic (exact) mass is 285 g/mol. The molecule has 1 rings (SSSR count). The molecule has 0 amide bonds. The molecule has 0 spiro atoms. The highest BCUT2D eigenvalue weighted by molar-refractivity contribution is 7.98. The molecule has 0 saturated carbocycles. The molecular weight excluding hydrogens is 270 g/mol. The fourth-order valence-corrected chi connectivity index (χ4v) is 2.15. The zero-order valence-electron chi connectivity index (χ0n) is 10.4. The summed E-state index contributed by atoms with van der Waals surface area (Å²) in [5.74, 6) is 0.0500. The Bertz CT molecular complexity index is 449. The van der Waals surface area contributed by atoms with E-state index in [9.17, 15) is 4.79 Å². The molecule has 3 nitrogen and oxygen atoms in total. The molecule has 0 saturated heterocycles. The van der Waals surface area contributed by atoms with Gasteiger partial charge in [0.15, 0.2) is 0 Å². The van der Waals surface area contributed by atoms with E-state index in [2.05, 4.69) is 11.2 Å². The first-order valence-electron chi connectivity index (χ1n) is 5.45. The van der Waals surface area contributed by atoms with Crippen molar-refractivity contribution in [1.82, 2.24) is 0 Å². The molecule has 0 aliphatic heterocycles. The molecule has 5 heteroatoms. The van der Waals surface area contributed by atoms with E-state index in [1.54, 1.807) is 23.9 Å². The van der Waals surface area contributed by atoms with Crippen molar-refractivity contribution in [3.05, 3.63) is 34.9 Å². The minimum absolute atomic E-state index is 0.599. The Hall–Kier alpha value is -1.13. The van der Waals surface area contributed by atoms with E-state index < -0.39 is 5.97 Å². The van der Waals surface area contributed by atoms with E-state index in [0.29, 0.717) is 5.02 Å². The number of hydrogen-bond donors (Lipinski definition) is 1. The van der Waals surface area contributed by atoms with Crippen molar-refractivity contribution in [2.45, 2.75) is 0 Å². The Balaban J connectivity index is 2.98. The van der Waals surface area contributed by atoms with Gasteiger partial charge in [-0.25, -0.2) is 4.79 Å². The highest BCUT2D eigenvalue weighted by Gasteiger charge is 2.06. The fraction of sp³-hybridized carbons (Fsp3) is 0.308. The van der Waals surface area contributed by atoms with Crippen LogP contribution in [-0.4, -0.2) is 36.7 Å². The minimum atomic E-state index is -0.965. The molecule has 0 radical (unpaired) electrons. The number of carboxylic acid groups (broad SMARTS) is 1. The van der Waals surface area contributed by atoms with Crippen LogP contribution in [0.25, 0.3) is 6.08 Å². The van der Waals surface area contributed by atoms with Crippen LogP contribution in [0.15, 0.2) is 24.3 Å². The predicted molar refractivity (Wildman–Crippen MR) is 79.8 cm³/mol. The SMILES string of the molecule is CSCCN(C)c1ccc(Cl)cc1/C=C/C(=O)O. The second-order valence-electron chi connectivity index (χ2n) is 3.79. The van der Waals surface area contributed by atoms with Crippen molar-refractivity contribution in [1.29, 1.82) is 0 Å². The molecule has 0 aliphatic carbocycles. The van der Waals surface area contributed by atoms with Gasteiger partial charge in [0.05, 0.1) is 0 Å². The summed E-state index contributed by atoms with van der Waals surface area (Å²) in [6, 6.07) is 5.49. The molecule has 98 valence electrons. The summed E-state index contributed by atoms with van der Waals surface area (Å²) in [6.45, 7) is 0.900. The zero-order valence-corrected chi connectivity index (χ0v) is 12.0. The molecular formula is C13H16ClNO2S. The van der Waals surface area contributed by atoms with E-state index in [4.69, 9.17) is 16.7 Å². The largest absolute Gasteiger partial charge is 0.478 e. The molecule has 0 aliphatic rings. The van der Waals surface area contributed by atoms with Gasteiger partial charge in [0.1, 0.15) is 0 Å². The summed E-state index contributed by atoms with van der Waals surface area (Å²) in [7, 11) is 1.98. The molecule has 0 fully saturated rings. The minimum Gasteiger partial charge on any atom is -0.478 e. The molecule has 0 aromatic heterocycles. The fourth-order valence-electron chi connectivity index (χ4n) is 1.52. The summed E-state index contributed by atoms with van der Waals surface area (Å²) >= 11 is 7.71. The number of carboxylic acids is 1. The number of carbonyl (C=O) groups is 1. The Labute approximate surface area is 116 Å². The van der Waals surface area contributed by atoms with E-state index >= 15 is 0 Å². The second-order valence-corrected chi connectivity index (χ2v) is 5.21. The third-order valence-corrected chi connectivity index (χ3v) is 3.26.